The number of rotatable bonds is 2. The Morgan fingerprint density at radius 3 is 2.19 bits per heavy atom. The Balaban J connectivity index is 2.14. The quantitative estimate of drug-likeness (QED) is 0.794. The van der Waals surface area contributed by atoms with E-state index in [1.165, 1.54) is 0 Å². The third-order valence-corrected chi connectivity index (χ3v) is 2.91. The second-order valence-electron chi connectivity index (χ2n) is 4.62. The molecule has 0 saturated carbocycles. The summed E-state index contributed by atoms with van der Waals surface area (Å²) in [6, 6.07) is 6.33. The second kappa shape index (κ2) is 5.87. The highest BCUT2D eigenvalue weighted by Gasteiger charge is 2.15. The Morgan fingerprint density at radius 2 is 1.52 bits per heavy atom. The van der Waals surface area contributed by atoms with Crippen LogP contribution in [0.1, 0.15) is 11.1 Å². The predicted molar refractivity (Wildman–Crippen MR) is 74.9 cm³/mol. The molecular formula is C15H13F3N2O. The van der Waals surface area contributed by atoms with Crippen LogP contribution >= 0.6 is 0 Å². The lowest BCUT2D eigenvalue weighted by Gasteiger charge is -2.11. The fourth-order valence-electron chi connectivity index (χ4n) is 1.85. The molecule has 110 valence electrons. The Hall–Kier alpha value is -2.50. The summed E-state index contributed by atoms with van der Waals surface area (Å²) in [6.45, 7) is 3.72. The summed E-state index contributed by atoms with van der Waals surface area (Å²) in [5, 5.41) is 4.65. The number of hydrogen-bond acceptors (Lipinski definition) is 1. The highest BCUT2D eigenvalue weighted by molar-refractivity contribution is 6.00. The van der Waals surface area contributed by atoms with Gasteiger partial charge in [0.15, 0.2) is 17.5 Å². The van der Waals surface area contributed by atoms with Crippen LogP contribution in [0.4, 0.5) is 29.3 Å². The lowest BCUT2D eigenvalue weighted by atomic mass is 10.1. The molecule has 0 aromatic heterocycles. The average molecular weight is 294 g/mol. The van der Waals surface area contributed by atoms with Crippen molar-refractivity contribution in [3.05, 3.63) is 58.9 Å². The van der Waals surface area contributed by atoms with Gasteiger partial charge in [-0.2, -0.15) is 0 Å². The maximum absolute atomic E-state index is 13.4. The third-order valence-electron chi connectivity index (χ3n) is 2.91. The Kier molecular flexibility index (Phi) is 4.16. The van der Waals surface area contributed by atoms with Gasteiger partial charge < -0.3 is 10.6 Å². The van der Waals surface area contributed by atoms with Gasteiger partial charge in [-0.05, 0) is 37.6 Å². The van der Waals surface area contributed by atoms with Gasteiger partial charge in [0, 0.05) is 5.69 Å². The van der Waals surface area contributed by atoms with Crippen LogP contribution in [-0.4, -0.2) is 6.03 Å². The molecule has 3 nitrogen and oxygen atoms in total. The zero-order chi connectivity index (χ0) is 15.6. The molecule has 2 amide bonds. The van der Waals surface area contributed by atoms with Gasteiger partial charge in [-0.25, -0.2) is 18.0 Å². The molecule has 0 fully saturated rings. The van der Waals surface area contributed by atoms with E-state index in [1.807, 2.05) is 13.0 Å². The van der Waals surface area contributed by atoms with E-state index in [0.29, 0.717) is 5.69 Å². The number of carbonyl (C=O) groups excluding carboxylic acids is 1. The molecule has 0 saturated heterocycles. The van der Waals surface area contributed by atoms with Crippen LogP contribution in [0, 0.1) is 31.3 Å². The summed E-state index contributed by atoms with van der Waals surface area (Å²) >= 11 is 0. The maximum atomic E-state index is 13.4. The van der Waals surface area contributed by atoms with Crippen LogP contribution in [0.5, 0.6) is 0 Å². The zero-order valence-electron chi connectivity index (χ0n) is 11.4. The van der Waals surface area contributed by atoms with Crippen molar-refractivity contribution >= 4 is 17.4 Å². The number of hydrogen-bond donors (Lipinski definition) is 2. The van der Waals surface area contributed by atoms with Crippen molar-refractivity contribution in [3.8, 4) is 0 Å². The Labute approximate surface area is 119 Å². The summed E-state index contributed by atoms with van der Waals surface area (Å²) < 4.78 is 39.3. The highest BCUT2D eigenvalue weighted by atomic mass is 19.2. The summed E-state index contributed by atoms with van der Waals surface area (Å²) in [5.41, 5.74) is 1.97. The molecule has 0 aliphatic heterocycles. The summed E-state index contributed by atoms with van der Waals surface area (Å²) in [6.07, 6.45) is 0. The summed E-state index contributed by atoms with van der Waals surface area (Å²) in [4.78, 5) is 11.8. The topological polar surface area (TPSA) is 41.1 Å². The number of halogens is 3. The van der Waals surface area contributed by atoms with Gasteiger partial charge >= 0.3 is 6.03 Å². The molecule has 0 bridgehead atoms. The minimum absolute atomic E-state index is 0.434. The molecule has 0 aliphatic rings. The van der Waals surface area contributed by atoms with Crippen LogP contribution in [0.2, 0.25) is 0 Å². The molecule has 0 radical (unpaired) electrons. The molecular weight excluding hydrogens is 281 g/mol. The number of nitrogens with one attached hydrogen (secondary N) is 2. The highest BCUT2D eigenvalue weighted by Crippen LogP contribution is 2.21. The van der Waals surface area contributed by atoms with Gasteiger partial charge in [0.2, 0.25) is 0 Å². The van der Waals surface area contributed by atoms with Crippen molar-refractivity contribution in [2.24, 2.45) is 0 Å². The smallest absolute Gasteiger partial charge is 0.307 e. The molecule has 2 aromatic carbocycles. The predicted octanol–water partition coefficient (Wildman–Crippen LogP) is 4.36. The van der Waals surface area contributed by atoms with Gasteiger partial charge in [-0.1, -0.05) is 17.7 Å². The number of benzene rings is 2. The van der Waals surface area contributed by atoms with Crippen molar-refractivity contribution < 1.29 is 18.0 Å². The molecule has 0 aliphatic carbocycles. The molecule has 0 atom stereocenters. The van der Waals surface area contributed by atoms with Gasteiger partial charge in [0.05, 0.1) is 5.69 Å². The first kappa shape index (κ1) is 14.9. The molecule has 2 rings (SSSR count). The summed E-state index contributed by atoms with van der Waals surface area (Å²) in [5.74, 6) is -4.38. The van der Waals surface area contributed by atoms with Gasteiger partial charge in [-0.15, -0.1) is 0 Å². The van der Waals surface area contributed by atoms with E-state index in [2.05, 4.69) is 10.6 Å². The van der Waals surface area contributed by atoms with Crippen molar-refractivity contribution in [1.82, 2.24) is 0 Å². The SMILES string of the molecule is Cc1ccc(NC(=O)Nc2ccc(F)c(F)c2F)c(C)c1. The normalized spacial score (nSPS) is 10.3. The van der Waals surface area contributed by atoms with E-state index in [0.717, 1.165) is 23.3 Å². The van der Waals surface area contributed by atoms with Crippen LogP contribution in [0.25, 0.3) is 0 Å². The standard InChI is InChI=1S/C15H13F3N2O/c1-8-3-5-11(9(2)7-8)19-15(21)20-12-6-4-10(16)13(17)14(12)18/h3-7H,1-2H3,(H2,19,20,21). The first-order valence-corrected chi connectivity index (χ1v) is 6.17. The van der Waals surface area contributed by atoms with E-state index in [-0.39, 0.29) is 0 Å². The van der Waals surface area contributed by atoms with E-state index in [4.69, 9.17) is 0 Å². The Bertz CT molecular complexity index is 702. The van der Waals surface area contributed by atoms with Crippen molar-refractivity contribution in [1.29, 1.82) is 0 Å². The van der Waals surface area contributed by atoms with E-state index in [9.17, 15) is 18.0 Å². The van der Waals surface area contributed by atoms with Crippen LogP contribution in [0.15, 0.2) is 30.3 Å². The lowest BCUT2D eigenvalue weighted by molar-refractivity contribution is 0.262. The van der Waals surface area contributed by atoms with E-state index in [1.54, 1.807) is 19.1 Å². The molecule has 2 N–H and O–H groups in total. The minimum atomic E-state index is -1.63. The van der Waals surface area contributed by atoms with Crippen LogP contribution < -0.4 is 10.6 Å². The van der Waals surface area contributed by atoms with Gasteiger partial charge in [0.25, 0.3) is 0 Å². The number of amides is 2. The van der Waals surface area contributed by atoms with Crippen LogP contribution in [0.3, 0.4) is 0 Å². The third kappa shape index (κ3) is 3.34. The van der Waals surface area contributed by atoms with E-state index >= 15 is 0 Å². The maximum Gasteiger partial charge on any atom is 0.323 e. The number of carbonyl (C=O) groups is 1. The van der Waals surface area contributed by atoms with Crippen molar-refractivity contribution in [2.45, 2.75) is 13.8 Å². The molecule has 21 heavy (non-hydrogen) atoms. The first-order valence-electron chi connectivity index (χ1n) is 6.17. The first-order chi connectivity index (χ1) is 9.88. The molecule has 2 aromatic rings. The average Bonchev–Trinajstić information content (AvgIpc) is 2.43. The van der Waals surface area contributed by atoms with Crippen molar-refractivity contribution in [2.75, 3.05) is 10.6 Å². The molecule has 0 spiro atoms. The number of urea groups is 1. The minimum Gasteiger partial charge on any atom is -0.307 e. The van der Waals surface area contributed by atoms with Gasteiger partial charge in [-0.3, -0.25) is 0 Å². The van der Waals surface area contributed by atoms with E-state index < -0.39 is 29.2 Å². The molecule has 0 heterocycles. The largest absolute Gasteiger partial charge is 0.323 e. The monoisotopic (exact) mass is 294 g/mol. The van der Waals surface area contributed by atoms with Crippen molar-refractivity contribution in [3.63, 3.8) is 0 Å². The molecule has 6 heteroatoms. The van der Waals surface area contributed by atoms with Gasteiger partial charge in [0.1, 0.15) is 0 Å². The zero-order valence-corrected chi connectivity index (χ0v) is 11.4. The lowest BCUT2D eigenvalue weighted by Crippen LogP contribution is -2.21. The number of aryl methyl sites for hydroxylation is 2. The van der Waals surface area contributed by atoms with Crippen LogP contribution in [-0.2, 0) is 0 Å². The summed E-state index contributed by atoms with van der Waals surface area (Å²) in [7, 11) is 0. The number of anilines is 2. The molecule has 0 unspecified atom stereocenters. The second-order valence-corrected chi connectivity index (χ2v) is 4.62. The fraction of sp³-hybridized carbons (Fsp3) is 0.133. The Morgan fingerprint density at radius 1 is 0.905 bits per heavy atom. The fourth-order valence-corrected chi connectivity index (χ4v) is 1.85.